The number of alkyl halides is 4. The van der Waals surface area contributed by atoms with Gasteiger partial charge in [0.1, 0.15) is 5.82 Å². The van der Waals surface area contributed by atoms with Crippen molar-refractivity contribution >= 4 is 0 Å². The van der Waals surface area contributed by atoms with E-state index in [0.717, 1.165) is 18.6 Å². The molecule has 0 heterocycles. The Labute approximate surface area is 154 Å². The summed E-state index contributed by atoms with van der Waals surface area (Å²) in [6.07, 6.45) is -6.96. The Morgan fingerprint density at radius 1 is 1.04 bits per heavy atom. The van der Waals surface area contributed by atoms with Gasteiger partial charge in [0.05, 0.1) is 12.0 Å². The fourth-order valence-electron chi connectivity index (χ4n) is 2.76. The number of hydrogen-bond acceptors (Lipinski definition) is 1. The van der Waals surface area contributed by atoms with Crippen LogP contribution in [-0.2, 0) is 12.8 Å². The van der Waals surface area contributed by atoms with Gasteiger partial charge in [0.2, 0.25) is 0 Å². The zero-order valence-corrected chi connectivity index (χ0v) is 15.0. The smallest absolute Gasteiger partial charge is 0.398 e. The first kappa shape index (κ1) is 21.1. The van der Waals surface area contributed by atoms with Crippen LogP contribution < -0.4 is 4.74 Å². The highest BCUT2D eigenvalue weighted by atomic mass is 19.3. The quantitative estimate of drug-likeness (QED) is 0.452. The van der Waals surface area contributed by atoms with Crippen LogP contribution in [0.4, 0.5) is 26.3 Å². The number of hydrogen-bond donors (Lipinski definition) is 0. The van der Waals surface area contributed by atoms with Gasteiger partial charge in [-0.3, -0.25) is 0 Å². The molecule has 0 aromatic heterocycles. The summed E-state index contributed by atoms with van der Waals surface area (Å²) in [6.45, 7) is 3.22. The highest BCUT2D eigenvalue weighted by molar-refractivity contribution is 5.34. The van der Waals surface area contributed by atoms with Crippen molar-refractivity contribution in [2.75, 3.05) is 0 Å². The van der Waals surface area contributed by atoms with Crippen molar-refractivity contribution < 1.29 is 31.1 Å². The summed E-state index contributed by atoms with van der Waals surface area (Å²) in [5, 5.41) is 0. The van der Waals surface area contributed by atoms with Crippen LogP contribution in [0.25, 0.3) is 0 Å². The Morgan fingerprint density at radius 2 is 1.74 bits per heavy atom. The Balaban J connectivity index is 2.10. The third kappa shape index (κ3) is 5.40. The first-order valence-corrected chi connectivity index (χ1v) is 8.56. The molecule has 0 bridgehead atoms. The normalized spacial score (nSPS) is 11.9. The highest BCUT2D eigenvalue weighted by Crippen LogP contribution is 2.32. The van der Waals surface area contributed by atoms with Crippen LogP contribution in [-0.4, -0.2) is 6.11 Å². The predicted octanol–water partition coefficient (Wildman–Crippen LogP) is 6.77. The van der Waals surface area contributed by atoms with Crippen molar-refractivity contribution in [2.24, 2.45) is 0 Å². The van der Waals surface area contributed by atoms with E-state index >= 15 is 0 Å². The fraction of sp³-hybridized carbons (Fsp3) is 0.400. The van der Waals surface area contributed by atoms with Gasteiger partial charge in [-0.15, -0.1) is 0 Å². The lowest BCUT2D eigenvalue weighted by atomic mass is 10.0. The van der Waals surface area contributed by atoms with Crippen LogP contribution in [0.2, 0.25) is 0 Å². The molecule has 2 rings (SSSR count). The van der Waals surface area contributed by atoms with Crippen LogP contribution in [0.5, 0.6) is 5.75 Å². The second-order valence-electron chi connectivity index (χ2n) is 6.32. The Hall–Kier alpha value is -2.18. The van der Waals surface area contributed by atoms with Gasteiger partial charge in [-0.1, -0.05) is 31.5 Å². The molecular formula is C20H20F6O. The van der Waals surface area contributed by atoms with Crippen molar-refractivity contribution in [1.82, 2.24) is 0 Å². The minimum atomic E-state index is -3.78. The Bertz CT molecular complexity index is 788. The summed E-state index contributed by atoms with van der Waals surface area (Å²) in [5.74, 6) is -2.73. The molecule has 0 aliphatic rings. The molecule has 0 radical (unpaired) electrons. The topological polar surface area (TPSA) is 9.23 Å². The van der Waals surface area contributed by atoms with E-state index in [4.69, 9.17) is 0 Å². The minimum Gasteiger partial charge on any atom is -0.429 e. The van der Waals surface area contributed by atoms with Crippen LogP contribution in [0, 0.1) is 18.6 Å². The van der Waals surface area contributed by atoms with Crippen molar-refractivity contribution in [3.05, 3.63) is 64.2 Å². The molecule has 0 N–H and O–H groups in total. The Kier molecular flexibility index (Phi) is 6.78. The second kappa shape index (κ2) is 8.67. The SMILES string of the molecule is CCCc1ccc(OC(F)(F)CCc2ccc(C)c(C(F)F)c2F)c(F)c1. The van der Waals surface area contributed by atoms with Crippen LogP contribution in [0.15, 0.2) is 30.3 Å². The van der Waals surface area contributed by atoms with Gasteiger partial charge in [-0.05, 0) is 48.6 Å². The van der Waals surface area contributed by atoms with Crippen LogP contribution >= 0.6 is 0 Å². The first-order chi connectivity index (χ1) is 12.6. The maximum absolute atomic E-state index is 14.1. The third-order valence-corrected chi connectivity index (χ3v) is 4.18. The number of aryl methyl sites for hydroxylation is 3. The molecule has 2 aromatic carbocycles. The van der Waals surface area contributed by atoms with E-state index in [1.165, 1.54) is 25.1 Å². The number of halogens is 6. The van der Waals surface area contributed by atoms with E-state index in [1.54, 1.807) is 0 Å². The van der Waals surface area contributed by atoms with E-state index in [9.17, 15) is 26.3 Å². The summed E-state index contributed by atoms with van der Waals surface area (Å²) < 4.78 is 86.4. The molecule has 0 aliphatic heterocycles. The predicted molar refractivity (Wildman–Crippen MR) is 90.4 cm³/mol. The van der Waals surface area contributed by atoms with Gasteiger partial charge in [-0.25, -0.2) is 17.6 Å². The average molecular weight is 390 g/mol. The van der Waals surface area contributed by atoms with Crippen LogP contribution in [0.3, 0.4) is 0 Å². The van der Waals surface area contributed by atoms with E-state index < -0.39 is 48.3 Å². The van der Waals surface area contributed by atoms with Crippen molar-refractivity contribution in [3.8, 4) is 5.75 Å². The number of rotatable bonds is 8. The molecule has 2 aromatic rings. The second-order valence-corrected chi connectivity index (χ2v) is 6.32. The highest BCUT2D eigenvalue weighted by Gasteiger charge is 2.33. The monoisotopic (exact) mass is 390 g/mol. The summed E-state index contributed by atoms with van der Waals surface area (Å²) in [5.41, 5.74) is -0.359. The molecule has 148 valence electrons. The van der Waals surface area contributed by atoms with Crippen molar-refractivity contribution in [2.45, 2.75) is 52.1 Å². The molecular weight excluding hydrogens is 370 g/mol. The molecule has 1 nitrogen and oxygen atoms in total. The van der Waals surface area contributed by atoms with Crippen molar-refractivity contribution in [3.63, 3.8) is 0 Å². The van der Waals surface area contributed by atoms with Gasteiger partial charge >= 0.3 is 6.11 Å². The van der Waals surface area contributed by atoms with E-state index in [-0.39, 0.29) is 11.1 Å². The lowest BCUT2D eigenvalue weighted by molar-refractivity contribution is -0.181. The summed E-state index contributed by atoms with van der Waals surface area (Å²) >= 11 is 0. The van der Waals surface area contributed by atoms with E-state index in [0.29, 0.717) is 12.0 Å². The standard InChI is InChI=1S/C20H20F6O/c1-3-4-13-6-8-16(15(21)11-13)27-20(25,26)10-9-14-7-5-12(2)17(18(14)22)19(23)24/h5-8,11,19H,3-4,9-10H2,1-2H3. The first-order valence-electron chi connectivity index (χ1n) is 8.56. The van der Waals surface area contributed by atoms with Gasteiger partial charge in [0, 0.05) is 0 Å². The van der Waals surface area contributed by atoms with E-state index in [1.807, 2.05) is 6.92 Å². The lowest BCUT2D eigenvalue weighted by Gasteiger charge is -2.19. The summed E-state index contributed by atoms with van der Waals surface area (Å²) in [7, 11) is 0. The maximum Gasteiger partial charge on any atom is 0.398 e. The molecule has 0 saturated carbocycles. The number of benzene rings is 2. The van der Waals surface area contributed by atoms with Crippen molar-refractivity contribution in [1.29, 1.82) is 0 Å². The minimum absolute atomic E-state index is 0.0449. The zero-order chi connectivity index (χ0) is 20.2. The fourth-order valence-corrected chi connectivity index (χ4v) is 2.76. The number of ether oxygens (including phenoxy) is 1. The lowest BCUT2D eigenvalue weighted by Crippen LogP contribution is -2.26. The maximum atomic E-state index is 14.1. The summed E-state index contributed by atoms with van der Waals surface area (Å²) in [4.78, 5) is 0. The third-order valence-electron chi connectivity index (χ3n) is 4.18. The molecule has 27 heavy (non-hydrogen) atoms. The Morgan fingerprint density at radius 3 is 2.33 bits per heavy atom. The zero-order valence-electron chi connectivity index (χ0n) is 15.0. The van der Waals surface area contributed by atoms with Gasteiger partial charge in [0.25, 0.3) is 6.43 Å². The van der Waals surface area contributed by atoms with Gasteiger partial charge < -0.3 is 4.74 Å². The molecule has 0 atom stereocenters. The van der Waals surface area contributed by atoms with E-state index in [2.05, 4.69) is 4.74 Å². The molecule has 7 heteroatoms. The van der Waals surface area contributed by atoms with Crippen LogP contribution in [0.1, 0.15) is 48.4 Å². The molecule has 0 fully saturated rings. The van der Waals surface area contributed by atoms with Gasteiger partial charge in [-0.2, -0.15) is 8.78 Å². The summed E-state index contributed by atoms with van der Waals surface area (Å²) in [6, 6.07) is 6.18. The largest absolute Gasteiger partial charge is 0.429 e. The molecule has 0 spiro atoms. The molecule has 0 amide bonds. The molecule has 0 aliphatic carbocycles. The average Bonchev–Trinajstić information content (AvgIpc) is 2.56. The molecule has 0 saturated heterocycles. The molecule has 0 unspecified atom stereocenters. The van der Waals surface area contributed by atoms with Gasteiger partial charge in [0.15, 0.2) is 11.6 Å².